The molecule has 0 radical (unpaired) electrons. The van der Waals surface area contributed by atoms with Crippen molar-refractivity contribution in [3.63, 3.8) is 0 Å². The lowest BCUT2D eigenvalue weighted by atomic mass is 9.85. The summed E-state index contributed by atoms with van der Waals surface area (Å²) in [4.78, 5) is 7.06. The van der Waals surface area contributed by atoms with E-state index in [1.807, 2.05) is 11.3 Å². The van der Waals surface area contributed by atoms with E-state index in [-0.39, 0.29) is 0 Å². The SMILES string of the molecule is c1ccc(Sc2ccc(/C(=C(\c3ccc(N(c4ccccc4)c4ccccc4)cc3)c3ccc4sc5ccccc5c4c3)c3ccc(N(c4ccccc4)c4ccccc4)cc3)cc2)cc1. The first-order valence-corrected chi connectivity index (χ1v) is 23.9. The van der Waals surface area contributed by atoms with Gasteiger partial charge in [0.15, 0.2) is 0 Å². The zero-order valence-electron chi connectivity index (χ0n) is 36.1. The maximum atomic E-state index is 2.41. The van der Waals surface area contributed by atoms with Crippen LogP contribution in [-0.4, -0.2) is 0 Å². The normalized spacial score (nSPS) is 11.6. The van der Waals surface area contributed by atoms with Crippen LogP contribution >= 0.6 is 23.1 Å². The van der Waals surface area contributed by atoms with E-state index in [2.05, 4.69) is 277 Å². The molecular formula is C62H44N2S2. The van der Waals surface area contributed by atoms with E-state index in [4.69, 9.17) is 0 Å². The summed E-state index contributed by atoms with van der Waals surface area (Å²) >= 11 is 3.64. The van der Waals surface area contributed by atoms with Crippen LogP contribution < -0.4 is 9.80 Å². The summed E-state index contributed by atoms with van der Waals surface area (Å²) in [6.07, 6.45) is 0. The second-order valence-electron chi connectivity index (χ2n) is 16.1. The molecule has 11 rings (SSSR count). The lowest BCUT2D eigenvalue weighted by Crippen LogP contribution is -2.10. The highest BCUT2D eigenvalue weighted by molar-refractivity contribution is 7.99. The van der Waals surface area contributed by atoms with Gasteiger partial charge in [-0.3, -0.25) is 0 Å². The van der Waals surface area contributed by atoms with E-state index < -0.39 is 0 Å². The van der Waals surface area contributed by atoms with Crippen LogP contribution in [0.1, 0.15) is 22.3 Å². The highest BCUT2D eigenvalue weighted by Gasteiger charge is 2.21. The minimum Gasteiger partial charge on any atom is -0.311 e. The molecule has 0 saturated heterocycles. The third-order valence-electron chi connectivity index (χ3n) is 11.9. The van der Waals surface area contributed by atoms with Gasteiger partial charge in [-0.1, -0.05) is 163 Å². The highest BCUT2D eigenvalue weighted by Crippen LogP contribution is 2.44. The molecule has 0 aliphatic carbocycles. The topological polar surface area (TPSA) is 6.48 Å². The molecule has 0 amide bonds. The minimum atomic E-state index is 1.09. The average Bonchev–Trinajstić information content (AvgIpc) is 3.76. The molecule has 0 aliphatic heterocycles. The molecule has 66 heavy (non-hydrogen) atoms. The highest BCUT2D eigenvalue weighted by atomic mass is 32.2. The molecule has 0 fully saturated rings. The first kappa shape index (κ1) is 40.9. The number of nitrogens with zero attached hydrogens (tertiary/aromatic N) is 2. The van der Waals surface area contributed by atoms with E-state index in [0.717, 1.165) is 50.8 Å². The molecule has 0 atom stereocenters. The van der Waals surface area contributed by atoms with Gasteiger partial charge in [-0.2, -0.15) is 0 Å². The molecule has 0 unspecified atom stereocenters. The van der Waals surface area contributed by atoms with Crippen LogP contribution in [-0.2, 0) is 0 Å². The first-order valence-electron chi connectivity index (χ1n) is 22.2. The molecule has 2 nitrogen and oxygen atoms in total. The summed E-state index contributed by atoms with van der Waals surface area (Å²) in [6.45, 7) is 0. The largest absolute Gasteiger partial charge is 0.311 e. The minimum absolute atomic E-state index is 1.09. The summed E-state index contributed by atoms with van der Waals surface area (Å²) < 4.78 is 2.58. The van der Waals surface area contributed by atoms with Crippen LogP contribution in [0.15, 0.2) is 277 Å². The molecule has 0 saturated carbocycles. The van der Waals surface area contributed by atoms with E-state index in [0.29, 0.717) is 0 Å². The maximum Gasteiger partial charge on any atom is 0.0462 e. The third kappa shape index (κ3) is 8.44. The van der Waals surface area contributed by atoms with Gasteiger partial charge in [-0.05, 0) is 149 Å². The van der Waals surface area contributed by atoms with Crippen molar-refractivity contribution in [3.8, 4) is 0 Å². The Balaban J connectivity index is 1.12. The van der Waals surface area contributed by atoms with Crippen LogP contribution in [0.4, 0.5) is 34.1 Å². The number of hydrogen-bond acceptors (Lipinski definition) is 4. The summed E-state index contributed by atoms with van der Waals surface area (Å²) in [6, 6.07) is 96.3. The molecule has 0 N–H and O–H groups in total. The third-order valence-corrected chi connectivity index (χ3v) is 14.1. The predicted octanol–water partition coefficient (Wildman–Crippen LogP) is 18.2. The lowest BCUT2D eigenvalue weighted by Gasteiger charge is -2.26. The van der Waals surface area contributed by atoms with Crippen molar-refractivity contribution in [3.05, 3.63) is 289 Å². The Morgan fingerprint density at radius 3 is 1.08 bits per heavy atom. The van der Waals surface area contributed by atoms with Crippen LogP contribution in [0.2, 0.25) is 0 Å². The number of benzene rings is 10. The number of fused-ring (bicyclic) bond motifs is 3. The fraction of sp³-hybridized carbons (Fsp3) is 0. The van der Waals surface area contributed by atoms with Gasteiger partial charge in [0.05, 0.1) is 0 Å². The van der Waals surface area contributed by atoms with Crippen molar-refractivity contribution in [2.24, 2.45) is 0 Å². The number of anilines is 6. The van der Waals surface area contributed by atoms with Crippen molar-refractivity contribution in [1.82, 2.24) is 0 Å². The standard InChI is InChI=1S/C62H44N2S2/c1-6-18-49(19-7-1)63(50-20-8-2-9-21-50)53-37-30-45(31-38-53)61(47-34-41-56(42-35-47)65-55-26-14-5-15-27-55)62(48-36-43-60-58(44-48)57-28-16-17-29-59(57)66-60)46-32-39-54(40-33-46)64(51-22-10-3-11-23-51)52-24-12-4-13-25-52/h1-44H/b62-61+. The van der Waals surface area contributed by atoms with Crippen LogP contribution in [0.3, 0.4) is 0 Å². The second-order valence-corrected chi connectivity index (χ2v) is 18.3. The van der Waals surface area contributed by atoms with Gasteiger partial charge in [0.2, 0.25) is 0 Å². The van der Waals surface area contributed by atoms with Crippen LogP contribution in [0, 0.1) is 0 Å². The maximum absolute atomic E-state index is 2.41. The van der Waals surface area contributed by atoms with Crippen molar-refractivity contribution in [2.75, 3.05) is 9.80 Å². The molecule has 4 heteroatoms. The molecule has 314 valence electrons. The zero-order valence-corrected chi connectivity index (χ0v) is 37.7. The monoisotopic (exact) mass is 880 g/mol. The van der Waals surface area contributed by atoms with E-state index in [1.54, 1.807) is 11.8 Å². The number of hydrogen-bond donors (Lipinski definition) is 0. The molecule has 0 spiro atoms. The van der Waals surface area contributed by atoms with Gasteiger partial charge >= 0.3 is 0 Å². The Morgan fingerprint density at radius 2 is 0.606 bits per heavy atom. The van der Waals surface area contributed by atoms with Crippen LogP contribution in [0.25, 0.3) is 31.3 Å². The summed E-state index contributed by atoms with van der Waals surface area (Å²) in [5, 5.41) is 2.55. The Morgan fingerprint density at radius 1 is 0.273 bits per heavy atom. The van der Waals surface area contributed by atoms with Gasteiger partial charge < -0.3 is 9.80 Å². The Hall–Kier alpha value is -7.89. The number of rotatable bonds is 12. The quantitative estimate of drug-likeness (QED) is 0.113. The lowest BCUT2D eigenvalue weighted by molar-refractivity contribution is 1.28. The fourth-order valence-corrected chi connectivity index (χ4v) is 10.8. The van der Waals surface area contributed by atoms with Gasteiger partial charge in [0.25, 0.3) is 0 Å². The van der Waals surface area contributed by atoms with Crippen molar-refractivity contribution < 1.29 is 0 Å². The molecule has 0 aliphatic rings. The Kier molecular flexibility index (Phi) is 11.6. The Labute approximate surface area is 395 Å². The van der Waals surface area contributed by atoms with Crippen LogP contribution in [0.5, 0.6) is 0 Å². The van der Waals surface area contributed by atoms with Crippen molar-refractivity contribution >= 4 is 88.5 Å². The molecule has 1 heterocycles. The molecule has 11 aromatic rings. The zero-order chi connectivity index (χ0) is 44.1. The average molecular weight is 881 g/mol. The van der Waals surface area contributed by atoms with Gasteiger partial charge in [-0.25, -0.2) is 0 Å². The smallest absolute Gasteiger partial charge is 0.0462 e. The second kappa shape index (κ2) is 18.7. The van der Waals surface area contributed by atoms with Crippen molar-refractivity contribution in [2.45, 2.75) is 9.79 Å². The summed E-state index contributed by atoms with van der Waals surface area (Å²) in [5.41, 5.74) is 13.5. The summed E-state index contributed by atoms with van der Waals surface area (Å²) in [5.74, 6) is 0. The van der Waals surface area contributed by atoms with E-state index in [1.165, 1.54) is 46.7 Å². The van der Waals surface area contributed by atoms with E-state index >= 15 is 0 Å². The van der Waals surface area contributed by atoms with Crippen molar-refractivity contribution in [1.29, 1.82) is 0 Å². The predicted molar refractivity (Wildman–Crippen MR) is 284 cm³/mol. The molecular weight excluding hydrogens is 837 g/mol. The molecule has 1 aromatic heterocycles. The Bertz CT molecular complexity index is 3310. The van der Waals surface area contributed by atoms with Gasteiger partial charge in [-0.15, -0.1) is 11.3 Å². The number of para-hydroxylation sites is 4. The van der Waals surface area contributed by atoms with E-state index in [9.17, 15) is 0 Å². The number of thiophene rings is 1. The van der Waals surface area contributed by atoms with Gasteiger partial charge in [0.1, 0.15) is 0 Å². The molecule has 0 bridgehead atoms. The molecule has 10 aromatic carbocycles. The van der Waals surface area contributed by atoms with Gasteiger partial charge in [0, 0.05) is 64.1 Å². The summed E-state index contributed by atoms with van der Waals surface area (Å²) in [7, 11) is 0. The first-order chi connectivity index (χ1) is 32.7. The fourth-order valence-electron chi connectivity index (χ4n) is 8.86.